The molecule has 1 N–H and O–H groups in total. The Kier molecular flexibility index (Phi) is 4.39. The van der Waals surface area contributed by atoms with E-state index in [9.17, 15) is 4.79 Å². The highest BCUT2D eigenvalue weighted by molar-refractivity contribution is 5.73. The SMILES string of the molecule is CC[C@@H]1CC(NC(C)=O)C[C@H](CC)O1. The summed E-state index contributed by atoms with van der Waals surface area (Å²) in [4.78, 5) is 11.0. The number of amides is 1. The van der Waals surface area contributed by atoms with Gasteiger partial charge in [0, 0.05) is 13.0 Å². The second-order valence-electron chi connectivity index (χ2n) is 4.07. The summed E-state index contributed by atoms with van der Waals surface area (Å²) in [6.45, 7) is 5.85. The van der Waals surface area contributed by atoms with Crippen LogP contribution in [0.5, 0.6) is 0 Å². The summed E-state index contributed by atoms with van der Waals surface area (Å²) in [5.41, 5.74) is 0. The summed E-state index contributed by atoms with van der Waals surface area (Å²) in [6.07, 6.45) is 4.65. The van der Waals surface area contributed by atoms with Crippen LogP contribution in [0.25, 0.3) is 0 Å². The number of hydrogen-bond acceptors (Lipinski definition) is 2. The van der Waals surface area contributed by atoms with Crippen LogP contribution < -0.4 is 5.32 Å². The summed E-state index contributed by atoms with van der Waals surface area (Å²) in [6, 6.07) is 0.316. The fourth-order valence-corrected chi connectivity index (χ4v) is 2.05. The Morgan fingerprint density at radius 3 is 2.14 bits per heavy atom. The minimum Gasteiger partial charge on any atom is -0.375 e. The molecule has 1 heterocycles. The molecule has 0 bridgehead atoms. The maximum Gasteiger partial charge on any atom is 0.217 e. The highest BCUT2D eigenvalue weighted by Gasteiger charge is 2.27. The van der Waals surface area contributed by atoms with Crippen molar-refractivity contribution in [3.8, 4) is 0 Å². The van der Waals surface area contributed by atoms with Gasteiger partial charge < -0.3 is 10.1 Å². The van der Waals surface area contributed by atoms with Crippen molar-refractivity contribution in [3.63, 3.8) is 0 Å². The zero-order valence-corrected chi connectivity index (χ0v) is 9.38. The van der Waals surface area contributed by atoms with E-state index in [0.29, 0.717) is 18.2 Å². The molecule has 0 saturated carbocycles. The van der Waals surface area contributed by atoms with Crippen LogP contribution in [0.3, 0.4) is 0 Å². The van der Waals surface area contributed by atoms with Gasteiger partial charge in [0.1, 0.15) is 0 Å². The fourth-order valence-electron chi connectivity index (χ4n) is 2.05. The minimum absolute atomic E-state index is 0.0709. The second kappa shape index (κ2) is 5.35. The topological polar surface area (TPSA) is 38.3 Å². The molecule has 0 radical (unpaired) electrons. The van der Waals surface area contributed by atoms with Gasteiger partial charge in [0.05, 0.1) is 12.2 Å². The third kappa shape index (κ3) is 3.29. The normalized spacial score (nSPS) is 32.6. The van der Waals surface area contributed by atoms with Crippen molar-refractivity contribution in [1.82, 2.24) is 5.32 Å². The van der Waals surface area contributed by atoms with Gasteiger partial charge in [-0.25, -0.2) is 0 Å². The number of carbonyl (C=O) groups excluding carboxylic acids is 1. The number of nitrogens with one attached hydrogen (secondary N) is 1. The molecule has 0 aromatic carbocycles. The number of carbonyl (C=O) groups is 1. The van der Waals surface area contributed by atoms with Crippen molar-refractivity contribution in [2.24, 2.45) is 0 Å². The van der Waals surface area contributed by atoms with Crippen LogP contribution in [0, 0.1) is 0 Å². The summed E-state index contributed by atoms with van der Waals surface area (Å²) in [5, 5.41) is 2.99. The van der Waals surface area contributed by atoms with Gasteiger partial charge >= 0.3 is 0 Å². The van der Waals surface area contributed by atoms with Crippen LogP contribution >= 0.6 is 0 Å². The molecule has 3 nitrogen and oxygen atoms in total. The van der Waals surface area contributed by atoms with E-state index in [1.165, 1.54) is 0 Å². The molecular formula is C11H21NO2. The quantitative estimate of drug-likeness (QED) is 0.753. The summed E-state index contributed by atoms with van der Waals surface area (Å²) >= 11 is 0. The zero-order valence-electron chi connectivity index (χ0n) is 9.38. The summed E-state index contributed by atoms with van der Waals surface area (Å²) in [5.74, 6) is 0.0709. The Balaban J connectivity index is 2.46. The van der Waals surface area contributed by atoms with Gasteiger partial charge in [0.2, 0.25) is 5.91 Å². The lowest BCUT2D eigenvalue weighted by Crippen LogP contribution is -2.44. The van der Waals surface area contributed by atoms with Crippen molar-refractivity contribution in [2.75, 3.05) is 0 Å². The van der Waals surface area contributed by atoms with Crippen LogP contribution in [-0.2, 0) is 9.53 Å². The lowest BCUT2D eigenvalue weighted by atomic mass is 9.96. The molecule has 0 spiro atoms. The molecule has 0 aromatic heterocycles. The van der Waals surface area contributed by atoms with Gasteiger partial charge in [-0.3, -0.25) is 4.79 Å². The van der Waals surface area contributed by atoms with E-state index in [0.717, 1.165) is 25.7 Å². The molecule has 1 fully saturated rings. The van der Waals surface area contributed by atoms with E-state index >= 15 is 0 Å². The molecule has 1 unspecified atom stereocenters. The Labute approximate surface area is 86.2 Å². The first-order valence-corrected chi connectivity index (χ1v) is 5.58. The highest BCUT2D eigenvalue weighted by atomic mass is 16.5. The highest BCUT2D eigenvalue weighted by Crippen LogP contribution is 2.23. The van der Waals surface area contributed by atoms with E-state index in [4.69, 9.17) is 4.74 Å². The van der Waals surface area contributed by atoms with E-state index in [-0.39, 0.29) is 5.91 Å². The second-order valence-corrected chi connectivity index (χ2v) is 4.07. The van der Waals surface area contributed by atoms with Gasteiger partial charge in [-0.15, -0.1) is 0 Å². The predicted molar refractivity (Wildman–Crippen MR) is 56.1 cm³/mol. The third-order valence-corrected chi connectivity index (χ3v) is 2.80. The van der Waals surface area contributed by atoms with Crippen LogP contribution in [0.2, 0.25) is 0 Å². The fraction of sp³-hybridized carbons (Fsp3) is 0.909. The lowest BCUT2D eigenvalue weighted by Gasteiger charge is -2.35. The number of rotatable bonds is 3. The van der Waals surface area contributed by atoms with Crippen molar-refractivity contribution in [1.29, 1.82) is 0 Å². The molecule has 0 aromatic rings. The maximum absolute atomic E-state index is 11.0. The standard InChI is InChI=1S/C11H21NO2/c1-4-10-6-9(12-8(3)13)7-11(5-2)14-10/h9-11H,4-7H2,1-3H3,(H,12,13)/t9?,10-,11+. The molecule has 1 aliphatic rings. The molecule has 0 aliphatic carbocycles. The summed E-state index contributed by atoms with van der Waals surface area (Å²) < 4.78 is 5.85. The molecule has 1 rings (SSSR count). The van der Waals surface area contributed by atoms with Crippen LogP contribution in [0.4, 0.5) is 0 Å². The first kappa shape index (κ1) is 11.5. The summed E-state index contributed by atoms with van der Waals surface area (Å²) in [7, 11) is 0. The molecule has 14 heavy (non-hydrogen) atoms. The first-order chi connectivity index (χ1) is 6.65. The van der Waals surface area contributed by atoms with Crippen LogP contribution in [-0.4, -0.2) is 24.2 Å². The predicted octanol–water partition coefficient (Wildman–Crippen LogP) is 1.86. The number of ether oxygens (including phenoxy) is 1. The van der Waals surface area contributed by atoms with E-state index in [1.807, 2.05) is 0 Å². The lowest BCUT2D eigenvalue weighted by molar-refractivity contribution is -0.122. The Morgan fingerprint density at radius 1 is 1.29 bits per heavy atom. The maximum atomic E-state index is 11.0. The Hall–Kier alpha value is -0.570. The van der Waals surface area contributed by atoms with Gasteiger partial charge in [-0.1, -0.05) is 13.8 Å². The minimum atomic E-state index is 0.0709. The molecule has 1 aliphatic heterocycles. The smallest absolute Gasteiger partial charge is 0.217 e. The average molecular weight is 199 g/mol. The van der Waals surface area contributed by atoms with E-state index < -0.39 is 0 Å². The molecule has 3 atom stereocenters. The van der Waals surface area contributed by atoms with Crippen molar-refractivity contribution in [3.05, 3.63) is 0 Å². The van der Waals surface area contributed by atoms with Crippen molar-refractivity contribution < 1.29 is 9.53 Å². The monoisotopic (exact) mass is 199 g/mol. The van der Waals surface area contributed by atoms with Gasteiger partial charge in [-0.2, -0.15) is 0 Å². The third-order valence-electron chi connectivity index (χ3n) is 2.80. The Bertz CT molecular complexity index is 182. The number of hydrogen-bond donors (Lipinski definition) is 1. The first-order valence-electron chi connectivity index (χ1n) is 5.58. The molecule has 82 valence electrons. The van der Waals surface area contributed by atoms with Gasteiger partial charge in [0.25, 0.3) is 0 Å². The van der Waals surface area contributed by atoms with Crippen molar-refractivity contribution in [2.45, 2.75) is 64.7 Å². The van der Waals surface area contributed by atoms with Gasteiger partial charge in [0.15, 0.2) is 0 Å². The van der Waals surface area contributed by atoms with Gasteiger partial charge in [-0.05, 0) is 25.7 Å². The average Bonchev–Trinajstić information content (AvgIpc) is 2.16. The largest absolute Gasteiger partial charge is 0.375 e. The molecule has 3 heteroatoms. The molecule has 1 saturated heterocycles. The van der Waals surface area contributed by atoms with E-state index in [2.05, 4.69) is 19.2 Å². The van der Waals surface area contributed by atoms with Crippen molar-refractivity contribution >= 4 is 5.91 Å². The molecular weight excluding hydrogens is 178 g/mol. The Morgan fingerprint density at radius 2 is 1.79 bits per heavy atom. The van der Waals surface area contributed by atoms with E-state index in [1.54, 1.807) is 6.92 Å². The zero-order chi connectivity index (χ0) is 10.6. The van der Waals surface area contributed by atoms with Crippen LogP contribution in [0.15, 0.2) is 0 Å². The molecule has 1 amide bonds. The van der Waals surface area contributed by atoms with Crippen LogP contribution in [0.1, 0.15) is 46.5 Å².